The monoisotopic (exact) mass is 277 g/mol. The Morgan fingerprint density at radius 1 is 1.45 bits per heavy atom. The Bertz CT molecular complexity index is 446. The van der Waals surface area contributed by atoms with E-state index in [1.54, 1.807) is 0 Å². The smallest absolute Gasteiger partial charge is 0.234 e. The Morgan fingerprint density at radius 3 is 2.90 bits per heavy atom. The van der Waals surface area contributed by atoms with E-state index in [4.69, 9.17) is 10.5 Å². The molecule has 1 aliphatic rings. The zero-order valence-corrected chi connectivity index (χ0v) is 12.0. The zero-order valence-electron chi connectivity index (χ0n) is 12.0. The normalized spacial score (nSPS) is 14.3. The Morgan fingerprint density at radius 2 is 2.20 bits per heavy atom. The van der Waals surface area contributed by atoms with Crippen molar-refractivity contribution in [3.05, 3.63) is 24.3 Å². The molecule has 1 aromatic carbocycles. The van der Waals surface area contributed by atoms with Crippen molar-refractivity contribution in [1.29, 1.82) is 0 Å². The van der Waals surface area contributed by atoms with Crippen molar-refractivity contribution in [2.24, 2.45) is 0 Å². The summed E-state index contributed by atoms with van der Waals surface area (Å²) in [6, 6.07) is 7.90. The maximum absolute atomic E-state index is 11.6. The van der Waals surface area contributed by atoms with Crippen LogP contribution in [0.1, 0.15) is 19.3 Å². The van der Waals surface area contributed by atoms with Crippen LogP contribution in [0, 0.1) is 0 Å². The number of ether oxygens (including phenoxy) is 1. The highest BCUT2D eigenvalue weighted by Crippen LogP contribution is 2.19. The number of carbonyl (C=O) groups is 1. The number of anilines is 1. The van der Waals surface area contributed by atoms with Crippen LogP contribution in [0.2, 0.25) is 0 Å². The number of nitrogens with zero attached hydrogens (tertiary/aromatic N) is 1. The van der Waals surface area contributed by atoms with E-state index in [1.165, 1.54) is 0 Å². The summed E-state index contributed by atoms with van der Waals surface area (Å²) >= 11 is 0. The van der Waals surface area contributed by atoms with Crippen molar-refractivity contribution in [3.8, 4) is 5.75 Å². The highest BCUT2D eigenvalue weighted by Gasteiger charge is 2.23. The van der Waals surface area contributed by atoms with Crippen LogP contribution in [0.15, 0.2) is 24.3 Å². The van der Waals surface area contributed by atoms with E-state index in [2.05, 4.69) is 5.32 Å². The molecule has 1 fully saturated rings. The molecule has 0 saturated heterocycles. The van der Waals surface area contributed by atoms with E-state index in [9.17, 15) is 4.79 Å². The molecule has 3 N–H and O–H groups in total. The quantitative estimate of drug-likeness (QED) is 0.554. The number of hydrogen-bond donors (Lipinski definition) is 2. The molecule has 2 rings (SSSR count). The summed E-state index contributed by atoms with van der Waals surface area (Å²) < 4.78 is 5.61. The molecule has 0 unspecified atom stereocenters. The number of nitrogens with two attached hydrogens (primary N) is 1. The fourth-order valence-corrected chi connectivity index (χ4v) is 1.95. The predicted molar refractivity (Wildman–Crippen MR) is 79.6 cm³/mol. The molecule has 0 bridgehead atoms. The molecule has 1 saturated carbocycles. The minimum atomic E-state index is 0.114. The molecule has 20 heavy (non-hydrogen) atoms. The lowest BCUT2D eigenvalue weighted by Crippen LogP contribution is -2.36. The molecule has 0 radical (unpaired) electrons. The van der Waals surface area contributed by atoms with Crippen LogP contribution in [-0.2, 0) is 4.79 Å². The summed E-state index contributed by atoms with van der Waals surface area (Å²) in [5.74, 6) is 0.838. The van der Waals surface area contributed by atoms with Crippen LogP contribution in [-0.4, -0.2) is 43.6 Å². The average molecular weight is 277 g/mol. The topological polar surface area (TPSA) is 67.6 Å². The van der Waals surface area contributed by atoms with Crippen molar-refractivity contribution in [2.45, 2.75) is 25.3 Å². The van der Waals surface area contributed by atoms with Gasteiger partial charge in [0.15, 0.2) is 0 Å². The van der Waals surface area contributed by atoms with Crippen LogP contribution in [0.4, 0.5) is 5.69 Å². The second kappa shape index (κ2) is 7.14. The summed E-state index contributed by atoms with van der Waals surface area (Å²) in [4.78, 5) is 13.6. The van der Waals surface area contributed by atoms with Gasteiger partial charge in [-0.15, -0.1) is 0 Å². The summed E-state index contributed by atoms with van der Waals surface area (Å²) in [5, 5.41) is 2.98. The third-order valence-electron chi connectivity index (χ3n) is 3.22. The maximum Gasteiger partial charge on any atom is 0.234 e. The molecule has 0 atom stereocenters. The first-order valence-electron chi connectivity index (χ1n) is 7.10. The zero-order chi connectivity index (χ0) is 14.4. The van der Waals surface area contributed by atoms with E-state index >= 15 is 0 Å². The van der Waals surface area contributed by atoms with Crippen molar-refractivity contribution in [1.82, 2.24) is 10.2 Å². The number of likely N-dealkylation sites (N-methyl/N-ethyl adjacent to an activating group) is 1. The van der Waals surface area contributed by atoms with E-state index in [-0.39, 0.29) is 5.91 Å². The van der Waals surface area contributed by atoms with Gasteiger partial charge in [-0.1, -0.05) is 12.1 Å². The van der Waals surface area contributed by atoms with Gasteiger partial charge in [-0.05, 0) is 38.4 Å². The van der Waals surface area contributed by atoms with Crippen LogP contribution < -0.4 is 15.8 Å². The van der Waals surface area contributed by atoms with E-state index in [0.29, 0.717) is 24.9 Å². The summed E-state index contributed by atoms with van der Waals surface area (Å²) in [5.41, 5.74) is 6.45. The first kappa shape index (κ1) is 14.7. The second-order valence-electron chi connectivity index (χ2n) is 5.32. The molecule has 1 aliphatic carbocycles. The highest BCUT2D eigenvalue weighted by atomic mass is 16.5. The number of para-hydroxylation sites is 2. The Kier molecular flexibility index (Phi) is 5.24. The number of nitrogens with one attached hydrogen (secondary N) is 1. The minimum absolute atomic E-state index is 0.114. The highest BCUT2D eigenvalue weighted by molar-refractivity contribution is 5.78. The Labute approximate surface area is 120 Å². The number of benzene rings is 1. The number of hydrogen-bond acceptors (Lipinski definition) is 4. The molecule has 5 nitrogen and oxygen atoms in total. The lowest BCUT2D eigenvalue weighted by atomic mass is 10.3. The van der Waals surface area contributed by atoms with Gasteiger partial charge in [0.05, 0.1) is 18.8 Å². The van der Waals surface area contributed by atoms with Crippen LogP contribution >= 0.6 is 0 Å². The van der Waals surface area contributed by atoms with Gasteiger partial charge >= 0.3 is 0 Å². The molecule has 5 heteroatoms. The average Bonchev–Trinajstić information content (AvgIpc) is 3.20. The molecule has 110 valence electrons. The minimum Gasteiger partial charge on any atom is -0.491 e. The number of amides is 1. The Balaban J connectivity index is 1.58. The SMILES string of the molecule is CN(CCCOc1ccccc1N)CC(=O)NC1CC1. The lowest BCUT2D eigenvalue weighted by Gasteiger charge is -2.16. The Hall–Kier alpha value is -1.75. The fraction of sp³-hybridized carbons (Fsp3) is 0.533. The molecule has 0 aromatic heterocycles. The van der Waals surface area contributed by atoms with E-state index in [1.807, 2.05) is 36.2 Å². The van der Waals surface area contributed by atoms with Gasteiger partial charge in [0.2, 0.25) is 5.91 Å². The third kappa shape index (κ3) is 5.09. The second-order valence-corrected chi connectivity index (χ2v) is 5.32. The summed E-state index contributed by atoms with van der Waals surface area (Å²) in [7, 11) is 1.95. The van der Waals surface area contributed by atoms with Crippen molar-refractivity contribution in [3.63, 3.8) is 0 Å². The van der Waals surface area contributed by atoms with Gasteiger partial charge in [0.1, 0.15) is 5.75 Å². The molecule has 0 heterocycles. The first-order chi connectivity index (χ1) is 9.65. The van der Waals surface area contributed by atoms with Crippen LogP contribution in [0.25, 0.3) is 0 Å². The largest absolute Gasteiger partial charge is 0.491 e. The van der Waals surface area contributed by atoms with Gasteiger partial charge in [0, 0.05) is 12.6 Å². The van der Waals surface area contributed by atoms with Crippen molar-refractivity contribution in [2.75, 3.05) is 32.5 Å². The van der Waals surface area contributed by atoms with Gasteiger partial charge in [-0.2, -0.15) is 0 Å². The van der Waals surface area contributed by atoms with E-state index < -0.39 is 0 Å². The third-order valence-corrected chi connectivity index (χ3v) is 3.22. The van der Waals surface area contributed by atoms with Crippen molar-refractivity contribution >= 4 is 11.6 Å². The first-order valence-corrected chi connectivity index (χ1v) is 7.10. The summed E-state index contributed by atoms with van der Waals surface area (Å²) in [6.45, 7) is 1.87. The number of nitrogen functional groups attached to an aromatic ring is 1. The van der Waals surface area contributed by atoms with Gasteiger partial charge in [-0.3, -0.25) is 9.69 Å². The number of rotatable bonds is 8. The number of carbonyl (C=O) groups excluding carboxylic acids is 1. The lowest BCUT2D eigenvalue weighted by molar-refractivity contribution is -0.122. The van der Waals surface area contributed by atoms with Gasteiger partial charge in [-0.25, -0.2) is 0 Å². The molecule has 1 aromatic rings. The molecule has 0 spiro atoms. The predicted octanol–water partition coefficient (Wildman–Crippen LogP) is 1.25. The molecule has 1 amide bonds. The van der Waals surface area contributed by atoms with Gasteiger partial charge in [0.25, 0.3) is 0 Å². The summed E-state index contributed by atoms with van der Waals surface area (Å²) in [6.07, 6.45) is 3.12. The molecular formula is C15H23N3O2. The molecular weight excluding hydrogens is 254 g/mol. The standard InChI is InChI=1S/C15H23N3O2/c1-18(11-15(19)17-12-7-8-12)9-4-10-20-14-6-3-2-5-13(14)16/h2-3,5-6,12H,4,7-11,16H2,1H3,(H,17,19). The fourth-order valence-electron chi connectivity index (χ4n) is 1.95. The maximum atomic E-state index is 11.6. The van der Waals surface area contributed by atoms with E-state index in [0.717, 1.165) is 31.6 Å². The molecule has 0 aliphatic heterocycles. The van der Waals surface area contributed by atoms with Crippen LogP contribution in [0.3, 0.4) is 0 Å². The van der Waals surface area contributed by atoms with Gasteiger partial charge < -0.3 is 15.8 Å². The van der Waals surface area contributed by atoms with Crippen molar-refractivity contribution < 1.29 is 9.53 Å². The van der Waals surface area contributed by atoms with Crippen LogP contribution in [0.5, 0.6) is 5.75 Å².